The van der Waals surface area contributed by atoms with Gasteiger partial charge >= 0.3 is 5.97 Å². The molecule has 0 bridgehead atoms. The average Bonchev–Trinajstić information content (AvgIpc) is 3.21. The normalized spacial score (nSPS) is 13.9. The molecule has 0 saturated carbocycles. The SMILES string of the molecule is NCCCC[C@H](NC(=O)[C@@H](N)Cc1cn(C(=O)[C@@H](N)Cc2ccccc2)cn1)C(=O)O. The lowest BCUT2D eigenvalue weighted by Gasteiger charge is -2.17. The van der Waals surface area contributed by atoms with Crippen molar-refractivity contribution in [1.82, 2.24) is 14.9 Å². The number of nitrogens with two attached hydrogens (primary N) is 3. The Morgan fingerprint density at radius 1 is 1.06 bits per heavy atom. The zero-order chi connectivity index (χ0) is 22.8. The van der Waals surface area contributed by atoms with Crippen LogP contribution in [0.1, 0.15) is 35.3 Å². The molecule has 0 aliphatic heterocycles. The second kappa shape index (κ2) is 11.9. The maximum Gasteiger partial charge on any atom is 0.326 e. The van der Waals surface area contributed by atoms with Gasteiger partial charge in [0.1, 0.15) is 12.4 Å². The van der Waals surface area contributed by atoms with Crippen LogP contribution in [-0.4, -0.2) is 57.1 Å². The van der Waals surface area contributed by atoms with E-state index in [2.05, 4.69) is 10.3 Å². The fraction of sp³-hybridized carbons (Fsp3) is 0.429. The van der Waals surface area contributed by atoms with Crippen molar-refractivity contribution in [1.29, 1.82) is 0 Å². The molecule has 10 nitrogen and oxygen atoms in total. The van der Waals surface area contributed by atoms with Gasteiger partial charge in [0.25, 0.3) is 0 Å². The zero-order valence-corrected chi connectivity index (χ0v) is 17.3. The number of hydrogen-bond acceptors (Lipinski definition) is 7. The van der Waals surface area contributed by atoms with Gasteiger partial charge in [-0.05, 0) is 37.8 Å². The van der Waals surface area contributed by atoms with Crippen LogP contribution in [0.2, 0.25) is 0 Å². The molecule has 0 radical (unpaired) electrons. The minimum Gasteiger partial charge on any atom is -0.480 e. The second-order valence-corrected chi connectivity index (χ2v) is 7.40. The molecule has 1 aromatic heterocycles. The minimum atomic E-state index is -1.13. The summed E-state index contributed by atoms with van der Waals surface area (Å²) < 4.78 is 1.28. The molecule has 0 unspecified atom stereocenters. The van der Waals surface area contributed by atoms with Crippen molar-refractivity contribution in [3.8, 4) is 0 Å². The van der Waals surface area contributed by atoms with Gasteiger partial charge in [-0.25, -0.2) is 9.78 Å². The Morgan fingerprint density at radius 2 is 1.77 bits per heavy atom. The summed E-state index contributed by atoms with van der Waals surface area (Å²) in [6.45, 7) is 0.455. The summed E-state index contributed by atoms with van der Waals surface area (Å²) in [5.41, 5.74) is 18.7. The Labute approximate surface area is 180 Å². The van der Waals surface area contributed by atoms with Crippen molar-refractivity contribution < 1.29 is 19.5 Å². The molecule has 1 aromatic carbocycles. The minimum absolute atomic E-state index is 0.0508. The van der Waals surface area contributed by atoms with Crippen molar-refractivity contribution in [3.63, 3.8) is 0 Å². The molecule has 1 amide bonds. The van der Waals surface area contributed by atoms with Gasteiger partial charge in [0, 0.05) is 12.6 Å². The highest BCUT2D eigenvalue weighted by Gasteiger charge is 2.24. The third kappa shape index (κ3) is 7.59. The van der Waals surface area contributed by atoms with E-state index in [-0.39, 0.29) is 18.7 Å². The van der Waals surface area contributed by atoms with Crippen molar-refractivity contribution >= 4 is 17.8 Å². The van der Waals surface area contributed by atoms with Gasteiger partial charge in [0.2, 0.25) is 11.8 Å². The lowest BCUT2D eigenvalue weighted by atomic mass is 10.1. The lowest BCUT2D eigenvalue weighted by Crippen LogP contribution is -2.49. The Kier molecular flexibility index (Phi) is 9.32. The van der Waals surface area contributed by atoms with Gasteiger partial charge in [-0.3, -0.25) is 14.2 Å². The zero-order valence-electron chi connectivity index (χ0n) is 17.3. The molecule has 0 aliphatic rings. The third-order valence-electron chi connectivity index (χ3n) is 4.83. The number of unbranched alkanes of at least 4 members (excludes halogenated alkanes) is 1. The summed E-state index contributed by atoms with van der Waals surface area (Å²) in [4.78, 5) is 40.3. The van der Waals surface area contributed by atoms with E-state index in [4.69, 9.17) is 17.2 Å². The van der Waals surface area contributed by atoms with Gasteiger partial charge < -0.3 is 27.6 Å². The third-order valence-corrected chi connectivity index (χ3v) is 4.83. The van der Waals surface area contributed by atoms with E-state index in [1.54, 1.807) is 0 Å². The first-order valence-corrected chi connectivity index (χ1v) is 10.2. The number of hydrogen-bond donors (Lipinski definition) is 5. The van der Waals surface area contributed by atoms with E-state index in [0.29, 0.717) is 31.5 Å². The van der Waals surface area contributed by atoms with E-state index >= 15 is 0 Å². The molecular weight excluding hydrogens is 400 g/mol. The van der Waals surface area contributed by atoms with Gasteiger partial charge in [0.05, 0.1) is 17.8 Å². The van der Waals surface area contributed by atoms with Crippen molar-refractivity contribution in [2.75, 3.05) is 6.54 Å². The molecule has 2 aromatic rings. The van der Waals surface area contributed by atoms with Gasteiger partial charge in [0.15, 0.2) is 0 Å². The molecular formula is C21H30N6O4. The number of carbonyl (C=O) groups excluding carboxylic acids is 2. The fourth-order valence-corrected chi connectivity index (χ4v) is 3.08. The molecule has 3 atom stereocenters. The summed E-state index contributed by atoms with van der Waals surface area (Å²) in [6, 6.07) is 6.65. The van der Waals surface area contributed by atoms with Crippen LogP contribution < -0.4 is 22.5 Å². The lowest BCUT2D eigenvalue weighted by molar-refractivity contribution is -0.142. The monoisotopic (exact) mass is 430 g/mol. The Morgan fingerprint density at radius 3 is 2.42 bits per heavy atom. The first kappa shape index (κ1) is 24.2. The molecule has 8 N–H and O–H groups in total. The number of imidazole rings is 1. The molecule has 1 heterocycles. The van der Waals surface area contributed by atoms with Crippen LogP contribution in [0, 0.1) is 0 Å². The predicted octanol–water partition coefficient (Wildman–Crippen LogP) is -0.338. The van der Waals surface area contributed by atoms with Crippen LogP contribution in [-0.2, 0) is 22.4 Å². The molecule has 2 rings (SSSR count). The summed E-state index contributed by atoms with van der Waals surface area (Å²) >= 11 is 0. The van der Waals surface area contributed by atoms with Crippen molar-refractivity contribution in [3.05, 3.63) is 54.1 Å². The number of nitrogens with one attached hydrogen (secondary N) is 1. The second-order valence-electron chi connectivity index (χ2n) is 7.40. The molecule has 168 valence electrons. The van der Waals surface area contributed by atoms with Crippen LogP contribution in [0.5, 0.6) is 0 Å². The van der Waals surface area contributed by atoms with Crippen LogP contribution in [0.3, 0.4) is 0 Å². The topological polar surface area (TPSA) is 179 Å². The van der Waals surface area contributed by atoms with Crippen LogP contribution in [0.4, 0.5) is 0 Å². The smallest absolute Gasteiger partial charge is 0.326 e. The number of rotatable bonds is 12. The number of carbonyl (C=O) groups is 3. The summed E-state index contributed by atoms with van der Waals surface area (Å²) in [7, 11) is 0. The van der Waals surface area contributed by atoms with Crippen LogP contribution in [0.15, 0.2) is 42.9 Å². The Bertz CT molecular complexity index is 870. The highest BCUT2D eigenvalue weighted by Crippen LogP contribution is 2.07. The number of carboxylic acid groups (broad SMARTS) is 1. The number of nitrogens with zero attached hydrogens (tertiary/aromatic N) is 2. The van der Waals surface area contributed by atoms with E-state index < -0.39 is 30.0 Å². The first-order chi connectivity index (χ1) is 14.8. The molecule has 31 heavy (non-hydrogen) atoms. The maximum absolute atomic E-state index is 12.5. The fourth-order valence-electron chi connectivity index (χ4n) is 3.08. The van der Waals surface area contributed by atoms with Crippen molar-refractivity contribution in [2.45, 2.75) is 50.2 Å². The molecule has 10 heteroatoms. The quantitative estimate of drug-likeness (QED) is 0.284. The molecule has 0 spiro atoms. The van der Waals surface area contributed by atoms with Gasteiger partial charge in [-0.1, -0.05) is 30.3 Å². The molecule has 0 fully saturated rings. The maximum atomic E-state index is 12.5. The largest absolute Gasteiger partial charge is 0.480 e. The van der Waals surface area contributed by atoms with E-state index in [0.717, 1.165) is 5.56 Å². The van der Waals surface area contributed by atoms with Gasteiger partial charge in [-0.2, -0.15) is 0 Å². The van der Waals surface area contributed by atoms with Crippen LogP contribution in [0.25, 0.3) is 0 Å². The number of carboxylic acids is 1. The van der Waals surface area contributed by atoms with E-state index in [1.807, 2.05) is 30.3 Å². The molecule has 0 aliphatic carbocycles. The summed E-state index contributed by atoms with van der Waals surface area (Å²) in [5, 5.41) is 11.7. The number of benzene rings is 1. The highest BCUT2D eigenvalue weighted by molar-refractivity contribution is 5.87. The predicted molar refractivity (Wildman–Crippen MR) is 115 cm³/mol. The average molecular weight is 431 g/mol. The summed E-state index contributed by atoms with van der Waals surface area (Å²) in [6.07, 6.45) is 4.77. The standard InChI is InChI=1S/C21H30N6O4/c22-9-5-4-8-18(21(30)31)26-19(28)16(23)11-15-12-27(13-25-15)20(29)17(24)10-14-6-2-1-3-7-14/h1-3,6-7,12-13,16-18H,4-5,8-11,22-24H2,(H,26,28)(H,30,31)/t16-,17-,18-/m0/s1. The molecule has 0 saturated heterocycles. The number of aliphatic carboxylic acids is 1. The van der Waals surface area contributed by atoms with E-state index in [9.17, 15) is 19.5 Å². The highest BCUT2D eigenvalue weighted by atomic mass is 16.4. The number of amides is 1. The Hall–Kier alpha value is -3.08. The summed E-state index contributed by atoms with van der Waals surface area (Å²) in [5.74, 6) is -2.05. The van der Waals surface area contributed by atoms with Crippen LogP contribution >= 0.6 is 0 Å². The van der Waals surface area contributed by atoms with Crippen molar-refractivity contribution in [2.24, 2.45) is 17.2 Å². The Balaban J connectivity index is 1.91. The first-order valence-electron chi connectivity index (χ1n) is 10.2. The van der Waals surface area contributed by atoms with Gasteiger partial charge in [-0.15, -0.1) is 0 Å². The number of aromatic nitrogens is 2. The van der Waals surface area contributed by atoms with E-state index in [1.165, 1.54) is 17.1 Å².